The first-order chi connectivity index (χ1) is 10.8. The van der Waals surface area contributed by atoms with Crippen molar-refractivity contribution in [3.8, 4) is 0 Å². The summed E-state index contributed by atoms with van der Waals surface area (Å²) in [5.74, 6) is 0. The number of hydrogen-bond donors (Lipinski definition) is 2. The zero-order chi connectivity index (χ0) is 17.3. The monoisotopic (exact) mass is 352 g/mol. The first kappa shape index (κ1) is 20.1. The fraction of sp³-hybridized carbons (Fsp3) is 0.929. The van der Waals surface area contributed by atoms with Crippen molar-refractivity contribution in [3.05, 3.63) is 0 Å². The van der Waals surface area contributed by atoms with Crippen LogP contribution in [0.3, 0.4) is 0 Å². The van der Waals surface area contributed by atoms with Crippen LogP contribution in [0.4, 0.5) is 4.79 Å². The van der Waals surface area contributed by atoms with Crippen molar-refractivity contribution in [1.82, 2.24) is 10.0 Å². The van der Waals surface area contributed by atoms with Crippen LogP contribution in [0.25, 0.3) is 0 Å². The number of hydrogen-bond acceptors (Lipinski definition) is 7. The molecule has 0 aromatic rings. The molecule has 8 nitrogen and oxygen atoms in total. The van der Waals surface area contributed by atoms with E-state index in [1.807, 2.05) is 13.8 Å². The molecule has 0 aromatic heterocycles. The maximum atomic E-state index is 11.7. The third-order valence-electron chi connectivity index (χ3n) is 3.51. The molecular formula is C14H28N2O6S. The smallest absolute Gasteiger partial charge is 0.431 e. The second kappa shape index (κ2) is 10.1. The summed E-state index contributed by atoms with van der Waals surface area (Å²) in [6.07, 6.45) is 1.87. The van der Waals surface area contributed by atoms with E-state index in [0.717, 1.165) is 38.6 Å². The van der Waals surface area contributed by atoms with Crippen LogP contribution in [0.2, 0.25) is 0 Å². The van der Waals surface area contributed by atoms with Gasteiger partial charge in [0.25, 0.3) is 0 Å². The minimum atomic E-state index is -3.33. The van der Waals surface area contributed by atoms with E-state index in [1.165, 1.54) is 0 Å². The van der Waals surface area contributed by atoms with Gasteiger partial charge >= 0.3 is 6.16 Å². The van der Waals surface area contributed by atoms with Gasteiger partial charge in [-0.2, -0.15) is 0 Å². The molecule has 1 aliphatic rings. The predicted molar refractivity (Wildman–Crippen MR) is 85.8 cm³/mol. The molecule has 9 heteroatoms. The van der Waals surface area contributed by atoms with Crippen LogP contribution in [0.15, 0.2) is 0 Å². The summed E-state index contributed by atoms with van der Waals surface area (Å²) in [4.78, 5) is 11.7. The van der Waals surface area contributed by atoms with Crippen molar-refractivity contribution in [2.75, 3.05) is 32.5 Å². The van der Waals surface area contributed by atoms with Gasteiger partial charge in [0, 0.05) is 6.54 Å². The van der Waals surface area contributed by atoms with Gasteiger partial charge in [0.2, 0.25) is 10.0 Å². The highest BCUT2D eigenvalue weighted by Gasteiger charge is 2.21. The molecule has 1 heterocycles. The maximum absolute atomic E-state index is 11.7. The lowest BCUT2D eigenvalue weighted by Crippen LogP contribution is -2.39. The molecule has 0 aliphatic carbocycles. The summed E-state index contributed by atoms with van der Waals surface area (Å²) < 4.78 is 40.7. The average Bonchev–Trinajstić information content (AvgIpc) is 2.50. The van der Waals surface area contributed by atoms with Crippen LogP contribution in [0.5, 0.6) is 0 Å². The highest BCUT2D eigenvalue weighted by atomic mass is 32.2. The number of rotatable bonds is 9. The minimum Gasteiger partial charge on any atom is -0.431 e. The molecule has 0 unspecified atom stereocenters. The Bertz CT molecular complexity index is 450. The van der Waals surface area contributed by atoms with Gasteiger partial charge in [-0.3, -0.25) is 0 Å². The lowest BCUT2D eigenvalue weighted by molar-refractivity contribution is -0.0523. The highest BCUT2D eigenvalue weighted by molar-refractivity contribution is 7.88. The molecule has 1 aliphatic heterocycles. The normalized spacial score (nSPS) is 19.1. The molecule has 2 N–H and O–H groups in total. The van der Waals surface area contributed by atoms with Crippen LogP contribution in [0, 0.1) is 0 Å². The molecule has 1 fully saturated rings. The van der Waals surface area contributed by atoms with Crippen molar-refractivity contribution < 1.29 is 27.4 Å². The predicted octanol–water partition coefficient (Wildman–Crippen LogP) is 0.625. The molecular weight excluding hydrogens is 324 g/mol. The fourth-order valence-electron chi connectivity index (χ4n) is 2.06. The van der Waals surface area contributed by atoms with Gasteiger partial charge in [0.05, 0.1) is 12.4 Å². The molecule has 0 aromatic carbocycles. The van der Waals surface area contributed by atoms with Crippen molar-refractivity contribution in [2.24, 2.45) is 0 Å². The Morgan fingerprint density at radius 2 is 2.00 bits per heavy atom. The van der Waals surface area contributed by atoms with Crippen molar-refractivity contribution in [2.45, 2.75) is 51.4 Å². The van der Waals surface area contributed by atoms with Crippen LogP contribution in [-0.4, -0.2) is 65.4 Å². The maximum Gasteiger partial charge on any atom is 0.508 e. The van der Waals surface area contributed by atoms with Crippen LogP contribution in [0.1, 0.15) is 33.1 Å². The fourth-order valence-corrected chi connectivity index (χ4v) is 2.55. The Morgan fingerprint density at radius 3 is 2.57 bits per heavy atom. The Kier molecular flexibility index (Phi) is 8.82. The molecule has 1 rings (SSSR count). The Morgan fingerprint density at radius 1 is 1.35 bits per heavy atom. The average molecular weight is 352 g/mol. The van der Waals surface area contributed by atoms with Crippen LogP contribution >= 0.6 is 0 Å². The van der Waals surface area contributed by atoms with Gasteiger partial charge in [0.1, 0.15) is 18.8 Å². The first-order valence-electron chi connectivity index (χ1n) is 7.94. The lowest BCUT2D eigenvalue weighted by atomic mass is 10.1. The summed E-state index contributed by atoms with van der Waals surface area (Å²) in [5, 5.41) is 3.18. The summed E-state index contributed by atoms with van der Waals surface area (Å²) in [7, 11) is -3.33. The topological polar surface area (TPSA) is 103 Å². The Labute approximate surface area is 138 Å². The molecule has 0 bridgehead atoms. The lowest BCUT2D eigenvalue weighted by Gasteiger charge is -2.24. The molecule has 1 saturated heterocycles. The summed E-state index contributed by atoms with van der Waals surface area (Å²) in [6.45, 7) is 5.45. The van der Waals surface area contributed by atoms with Crippen molar-refractivity contribution in [1.29, 1.82) is 0 Å². The van der Waals surface area contributed by atoms with Gasteiger partial charge in [-0.15, -0.1) is 0 Å². The largest absolute Gasteiger partial charge is 0.508 e. The Balaban J connectivity index is 2.39. The van der Waals surface area contributed by atoms with E-state index >= 15 is 0 Å². The van der Waals surface area contributed by atoms with E-state index in [4.69, 9.17) is 14.2 Å². The molecule has 0 amide bonds. The van der Waals surface area contributed by atoms with Gasteiger partial charge < -0.3 is 19.5 Å². The molecule has 136 valence electrons. The van der Waals surface area contributed by atoms with E-state index in [1.54, 1.807) is 0 Å². The number of sulfonamides is 1. The minimum absolute atomic E-state index is 0.0454. The number of ether oxygens (including phenoxy) is 3. The number of nitrogens with one attached hydrogen (secondary N) is 2. The standard InChI is InChI=1S/C14H28N2O6S/c1-4-11(2)21-13(9-16-23(3,18)19)10-20-14(17)22-12-5-7-15-8-6-12/h11-13,15-16H,4-10H2,1-3H3/t11-,13-/m0/s1. The SMILES string of the molecule is CC[C@H](C)O[C@@H](CNS(C)(=O)=O)COC(=O)OC1CCNCC1. The second-order valence-electron chi connectivity index (χ2n) is 5.73. The highest BCUT2D eigenvalue weighted by Crippen LogP contribution is 2.09. The second-order valence-corrected chi connectivity index (χ2v) is 7.56. The Hall–Kier alpha value is -0.900. The summed E-state index contributed by atoms with van der Waals surface area (Å²) in [6, 6.07) is 0. The van der Waals surface area contributed by atoms with Gasteiger partial charge in [-0.1, -0.05) is 6.92 Å². The summed E-state index contributed by atoms with van der Waals surface area (Å²) >= 11 is 0. The van der Waals surface area contributed by atoms with E-state index < -0.39 is 22.3 Å². The number of piperidine rings is 1. The third-order valence-corrected chi connectivity index (χ3v) is 4.20. The van der Waals surface area contributed by atoms with E-state index in [2.05, 4.69) is 10.0 Å². The van der Waals surface area contributed by atoms with Crippen LogP contribution in [-0.2, 0) is 24.2 Å². The number of carbonyl (C=O) groups is 1. The van der Waals surface area contributed by atoms with Gasteiger partial charge in [0.15, 0.2) is 0 Å². The van der Waals surface area contributed by atoms with Crippen molar-refractivity contribution in [3.63, 3.8) is 0 Å². The zero-order valence-corrected chi connectivity index (χ0v) is 14.9. The molecule has 2 atom stereocenters. The third kappa shape index (κ3) is 9.75. The quantitative estimate of drug-likeness (QED) is 0.587. The first-order valence-corrected chi connectivity index (χ1v) is 9.83. The summed E-state index contributed by atoms with van der Waals surface area (Å²) in [5.41, 5.74) is 0. The molecule has 0 spiro atoms. The van der Waals surface area contributed by atoms with E-state index in [-0.39, 0.29) is 25.4 Å². The number of carbonyl (C=O) groups excluding carboxylic acids is 1. The van der Waals surface area contributed by atoms with Gasteiger partial charge in [-0.25, -0.2) is 17.9 Å². The molecule has 23 heavy (non-hydrogen) atoms. The van der Waals surface area contributed by atoms with Crippen molar-refractivity contribution >= 4 is 16.2 Å². The molecule has 0 radical (unpaired) electrons. The van der Waals surface area contributed by atoms with Gasteiger partial charge in [-0.05, 0) is 39.3 Å². The molecule has 0 saturated carbocycles. The van der Waals surface area contributed by atoms with E-state index in [9.17, 15) is 13.2 Å². The zero-order valence-electron chi connectivity index (χ0n) is 14.0. The van der Waals surface area contributed by atoms with E-state index in [0.29, 0.717) is 0 Å². The van der Waals surface area contributed by atoms with Crippen LogP contribution < -0.4 is 10.0 Å².